The first kappa shape index (κ1) is 17.3. The van der Waals surface area contributed by atoms with Crippen molar-refractivity contribution in [3.05, 3.63) is 0 Å². The average Bonchev–Trinajstić information content (AvgIpc) is 3.29. The SMILES string of the molecule is CC1CCCC1C(=O)NCC1CC2(CCOCC2)CN1C(=O)C1CC1. The minimum Gasteiger partial charge on any atom is -0.381 e. The Kier molecular flexibility index (Phi) is 4.78. The minimum absolute atomic E-state index is 0.172. The molecule has 0 aromatic heterocycles. The second-order valence-corrected chi connectivity index (χ2v) is 8.97. The van der Waals surface area contributed by atoms with Gasteiger partial charge in [0.25, 0.3) is 0 Å². The van der Waals surface area contributed by atoms with Crippen molar-refractivity contribution in [1.29, 1.82) is 0 Å². The van der Waals surface area contributed by atoms with Crippen molar-refractivity contribution in [1.82, 2.24) is 10.2 Å². The summed E-state index contributed by atoms with van der Waals surface area (Å²) in [5.41, 5.74) is 0.221. The van der Waals surface area contributed by atoms with Crippen molar-refractivity contribution in [3.8, 4) is 0 Å². The van der Waals surface area contributed by atoms with Gasteiger partial charge in [0, 0.05) is 44.2 Å². The number of ether oxygens (including phenoxy) is 1. The Morgan fingerprint density at radius 3 is 2.56 bits per heavy atom. The fourth-order valence-corrected chi connectivity index (χ4v) is 5.22. The van der Waals surface area contributed by atoms with E-state index < -0.39 is 0 Å². The molecule has 0 aromatic rings. The third-order valence-corrected chi connectivity index (χ3v) is 7.09. The molecule has 2 saturated carbocycles. The molecule has 2 heterocycles. The fraction of sp³-hybridized carbons (Fsp3) is 0.900. The van der Waals surface area contributed by atoms with Gasteiger partial charge in [0.05, 0.1) is 0 Å². The number of carbonyl (C=O) groups is 2. The van der Waals surface area contributed by atoms with E-state index >= 15 is 0 Å². The van der Waals surface area contributed by atoms with Gasteiger partial charge < -0.3 is 15.0 Å². The molecule has 5 nitrogen and oxygen atoms in total. The van der Waals surface area contributed by atoms with Gasteiger partial charge in [0.1, 0.15) is 0 Å². The highest BCUT2D eigenvalue weighted by Gasteiger charge is 2.49. The summed E-state index contributed by atoms with van der Waals surface area (Å²) in [5.74, 6) is 1.46. The van der Waals surface area contributed by atoms with E-state index in [1.54, 1.807) is 0 Å². The maximum atomic E-state index is 12.8. The molecule has 3 unspecified atom stereocenters. The largest absolute Gasteiger partial charge is 0.381 e. The average molecular weight is 348 g/mol. The molecule has 2 amide bonds. The third-order valence-electron chi connectivity index (χ3n) is 7.09. The van der Waals surface area contributed by atoms with Crippen molar-refractivity contribution in [3.63, 3.8) is 0 Å². The lowest BCUT2D eigenvalue weighted by molar-refractivity contribution is -0.134. The van der Waals surface area contributed by atoms with Gasteiger partial charge in [0.15, 0.2) is 0 Å². The van der Waals surface area contributed by atoms with Crippen molar-refractivity contribution in [2.24, 2.45) is 23.2 Å². The second kappa shape index (κ2) is 6.90. The lowest BCUT2D eigenvalue weighted by Gasteiger charge is -2.33. The molecule has 25 heavy (non-hydrogen) atoms. The van der Waals surface area contributed by atoms with Crippen molar-refractivity contribution in [2.75, 3.05) is 26.3 Å². The molecular weight excluding hydrogens is 316 g/mol. The number of hydrogen-bond acceptors (Lipinski definition) is 3. The van der Waals surface area contributed by atoms with Crippen LogP contribution in [0.4, 0.5) is 0 Å². The third kappa shape index (κ3) is 3.57. The predicted octanol–water partition coefficient (Wildman–Crippen LogP) is 2.35. The summed E-state index contributed by atoms with van der Waals surface area (Å²) >= 11 is 0. The maximum absolute atomic E-state index is 12.8. The molecule has 2 saturated heterocycles. The Morgan fingerprint density at radius 2 is 1.92 bits per heavy atom. The molecule has 0 radical (unpaired) electrons. The van der Waals surface area contributed by atoms with Gasteiger partial charge >= 0.3 is 0 Å². The van der Waals surface area contributed by atoms with Crippen LogP contribution in [0.5, 0.6) is 0 Å². The van der Waals surface area contributed by atoms with Crippen LogP contribution in [-0.2, 0) is 14.3 Å². The zero-order chi connectivity index (χ0) is 17.4. The molecule has 2 aliphatic heterocycles. The highest BCUT2D eigenvalue weighted by atomic mass is 16.5. The molecule has 1 spiro atoms. The summed E-state index contributed by atoms with van der Waals surface area (Å²) < 4.78 is 5.55. The van der Waals surface area contributed by atoms with Crippen molar-refractivity contribution >= 4 is 11.8 Å². The Bertz CT molecular complexity index is 525. The number of nitrogens with zero attached hydrogens (tertiary/aromatic N) is 1. The molecule has 2 aliphatic carbocycles. The summed E-state index contributed by atoms with van der Waals surface area (Å²) in [6, 6.07) is 0.173. The lowest BCUT2D eigenvalue weighted by Crippen LogP contribution is -2.45. The predicted molar refractivity (Wildman–Crippen MR) is 94.8 cm³/mol. The van der Waals surface area contributed by atoms with Gasteiger partial charge in [0.2, 0.25) is 11.8 Å². The van der Waals surface area contributed by atoms with Gasteiger partial charge in [-0.3, -0.25) is 9.59 Å². The highest BCUT2D eigenvalue weighted by molar-refractivity contribution is 5.82. The maximum Gasteiger partial charge on any atom is 0.226 e. The highest BCUT2D eigenvalue weighted by Crippen LogP contribution is 2.45. The van der Waals surface area contributed by atoms with Crippen molar-refractivity contribution < 1.29 is 14.3 Å². The molecule has 4 aliphatic rings. The van der Waals surface area contributed by atoms with Gasteiger partial charge in [-0.25, -0.2) is 0 Å². The molecule has 5 heteroatoms. The molecule has 4 rings (SSSR count). The zero-order valence-electron chi connectivity index (χ0n) is 15.5. The number of hydrogen-bond donors (Lipinski definition) is 1. The Labute approximate surface area is 150 Å². The Morgan fingerprint density at radius 1 is 1.16 bits per heavy atom. The molecule has 3 atom stereocenters. The van der Waals surface area contributed by atoms with Gasteiger partial charge in [-0.05, 0) is 56.3 Å². The molecule has 0 bridgehead atoms. The number of rotatable bonds is 4. The monoisotopic (exact) mass is 348 g/mol. The first-order valence-corrected chi connectivity index (χ1v) is 10.2. The summed E-state index contributed by atoms with van der Waals surface area (Å²) in [6.45, 7) is 5.30. The van der Waals surface area contributed by atoms with Crippen molar-refractivity contribution in [2.45, 2.75) is 64.3 Å². The molecule has 1 N–H and O–H groups in total. The van der Waals surface area contributed by atoms with Crippen LogP contribution in [0.2, 0.25) is 0 Å². The smallest absolute Gasteiger partial charge is 0.226 e. The molecule has 140 valence electrons. The summed E-state index contributed by atoms with van der Waals surface area (Å²) in [5, 5.41) is 3.20. The van der Waals surface area contributed by atoms with E-state index in [1.165, 1.54) is 0 Å². The van der Waals surface area contributed by atoms with Gasteiger partial charge in [-0.2, -0.15) is 0 Å². The van der Waals surface area contributed by atoms with Crippen LogP contribution in [0.25, 0.3) is 0 Å². The van der Waals surface area contributed by atoms with Gasteiger partial charge in [-0.15, -0.1) is 0 Å². The van der Waals surface area contributed by atoms with E-state index in [9.17, 15) is 9.59 Å². The fourth-order valence-electron chi connectivity index (χ4n) is 5.22. The number of amides is 2. The summed E-state index contributed by atoms with van der Waals surface area (Å²) in [6.07, 6.45) is 8.55. The number of nitrogens with one attached hydrogen (secondary N) is 1. The summed E-state index contributed by atoms with van der Waals surface area (Å²) in [4.78, 5) is 27.5. The Hall–Kier alpha value is -1.10. The quantitative estimate of drug-likeness (QED) is 0.848. The standard InChI is InChI=1S/C20H32N2O3/c1-14-3-2-4-17(14)18(23)21-12-16-11-20(7-9-25-10-8-20)13-22(16)19(24)15-5-6-15/h14-17H,2-13H2,1H3,(H,21,23). The van der Waals surface area contributed by atoms with Crippen LogP contribution < -0.4 is 5.32 Å². The van der Waals surface area contributed by atoms with E-state index in [0.717, 1.165) is 71.1 Å². The van der Waals surface area contributed by atoms with E-state index in [2.05, 4.69) is 17.1 Å². The van der Waals surface area contributed by atoms with Gasteiger partial charge in [-0.1, -0.05) is 13.3 Å². The molecule has 4 fully saturated rings. The molecule has 0 aromatic carbocycles. The Balaban J connectivity index is 1.40. The first-order chi connectivity index (χ1) is 12.1. The van der Waals surface area contributed by atoms with E-state index in [0.29, 0.717) is 18.4 Å². The topological polar surface area (TPSA) is 58.6 Å². The van der Waals surface area contributed by atoms with Crippen LogP contribution in [0, 0.1) is 23.2 Å². The normalized spacial score (nSPS) is 34.4. The lowest BCUT2D eigenvalue weighted by atomic mass is 9.78. The first-order valence-electron chi connectivity index (χ1n) is 10.2. The van der Waals surface area contributed by atoms with E-state index in [-0.39, 0.29) is 29.2 Å². The van der Waals surface area contributed by atoms with Crippen LogP contribution in [0.3, 0.4) is 0 Å². The summed E-state index contributed by atoms with van der Waals surface area (Å²) in [7, 11) is 0. The number of carbonyl (C=O) groups excluding carboxylic acids is 2. The van der Waals surface area contributed by atoms with Crippen LogP contribution >= 0.6 is 0 Å². The van der Waals surface area contributed by atoms with E-state index in [1.807, 2.05) is 0 Å². The van der Waals surface area contributed by atoms with E-state index in [4.69, 9.17) is 4.74 Å². The second-order valence-electron chi connectivity index (χ2n) is 8.97. The number of likely N-dealkylation sites (tertiary alicyclic amines) is 1. The minimum atomic E-state index is 0.172. The molecular formula is C20H32N2O3. The van der Waals surface area contributed by atoms with Crippen LogP contribution in [0.1, 0.15) is 58.3 Å². The van der Waals surface area contributed by atoms with Crippen LogP contribution in [0.15, 0.2) is 0 Å². The van der Waals surface area contributed by atoms with Crippen LogP contribution in [-0.4, -0.2) is 49.1 Å². The zero-order valence-corrected chi connectivity index (χ0v) is 15.5.